The number of nitrogens with one attached hydrogen (secondary N) is 1. The Bertz CT molecular complexity index is 679. The van der Waals surface area contributed by atoms with Gasteiger partial charge >= 0.3 is 0 Å². The Morgan fingerprint density at radius 1 is 1.36 bits per heavy atom. The number of fused-ring (bicyclic) bond motifs is 1. The summed E-state index contributed by atoms with van der Waals surface area (Å²) in [5, 5.41) is 7.29. The normalized spacial score (nSPS) is 17.8. The Labute approximate surface area is 134 Å². The number of carbonyl (C=O) groups is 1. The summed E-state index contributed by atoms with van der Waals surface area (Å²) >= 11 is 1.61. The van der Waals surface area contributed by atoms with Gasteiger partial charge in [0.25, 0.3) is 0 Å². The van der Waals surface area contributed by atoms with E-state index in [9.17, 15) is 4.79 Å². The molecule has 1 aliphatic rings. The lowest BCUT2D eigenvalue weighted by atomic mass is 10.1. The van der Waals surface area contributed by atoms with Crippen molar-refractivity contribution in [1.29, 1.82) is 0 Å². The maximum atomic E-state index is 11.9. The molecule has 1 N–H and O–H groups in total. The van der Waals surface area contributed by atoms with Gasteiger partial charge < -0.3 is 10.1 Å². The highest BCUT2D eigenvalue weighted by Gasteiger charge is 2.26. The number of benzene rings is 1. The molecule has 1 aromatic heterocycles. The number of hydrogen-bond acceptors (Lipinski definition) is 4. The van der Waals surface area contributed by atoms with Crippen LogP contribution in [-0.4, -0.2) is 27.5 Å². The minimum Gasteiger partial charge on any atom is -0.491 e. The molecule has 3 rings (SSSR count). The highest BCUT2D eigenvalue weighted by atomic mass is 32.2. The standard InChI is InChI=1S/C16H19N3O2S/c1-10(2)21-12-6-4-11(5-7-12)15-13-8-17-19(3)16(13)18-14(20)9-22-15/h4-8,10,15H,9H2,1-3H3,(H,18,20)/t15-/m0/s1. The molecule has 0 spiro atoms. The van der Waals surface area contributed by atoms with Gasteiger partial charge in [-0.05, 0) is 31.5 Å². The van der Waals surface area contributed by atoms with Gasteiger partial charge in [-0.25, -0.2) is 0 Å². The molecule has 2 aromatic rings. The fourth-order valence-corrected chi connectivity index (χ4v) is 3.58. The van der Waals surface area contributed by atoms with Crippen LogP contribution in [0.15, 0.2) is 30.5 Å². The molecule has 1 amide bonds. The van der Waals surface area contributed by atoms with E-state index in [1.807, 2.05) is 39.2 Å². The molecule has 1 aromatic carbocycles. The van der Waals surface area contributed by atoms with Crippen LogP contribution >= 0.6 is 11.8 Å². The van der Waals surface area contributed by atoms with Crippen molar-refractivity contribution in [2.75, 3.05) is 11.1 Å². The number of ether oxygens (including phenoxy) is 1. The third-order valence-electron chi connectivity index (χ3n) is 3.44. The predicted octanol–water partition coefficient (Wildman–Crippen LogP) is 2.98. The van der Waals surface area contributed by atoms with Crippen molar-refractivity contribution in [3.63, 3.8) is 0 Å². The number of rotatable bonds is 3. The summed E-state index contributed by atoms with van der Waals surface area (Å²) in [5.74, 6) is 2.08. The van der Waals surface area contributed by atoms with Crippen LogP contribution in [0.4, 0.5) is 5.82 Å². The van der Waals surface area contributed by atoms with Gasteiger partial charge in [0.15, 0.2) is 0 Å². The minimum atomic E-state index is 0.0112. The second kappa shape index (κ2) is 6.04. The molecule has 116 valence electrons. The van der Waals surface area contributed by atoms with Crippen LogP contribution in [0.25, 0.3) is 0 Å². The van der Waals surface area contributed by atoms with E-state index in [0.29, 0.717) is 5.75 Å². The van der Waals surface area contributed by atoms with E-state index in [1.165, 1.54) is 0 Å². The zero-order valence-electron chi connectivity index (χ0n) is 12.9. The third kappa shape index (κ3) is 2.97. The van der Waals surface area contributed by atoms with Gasteiger partial charge in [0.2, 0.25) is 5.91 Å². The Morgan fingerprint density at radius 2 is 2.09 bits per heavy atom. The van der Waals surface area contributed by atoms with Gasteiger partial charge in [-0.3, -0.25) is 9.48 Å². The molecule has 0 radical (unpaired) electrons. The number of aryl methyl sites for hydroxylation is 1. The van der Waals surface area contributed by atoms with Gasteiger partial charge in [-0.2, -0.15) is 5.10 Å². The van der Waals surface area contributed by atoms with Crippen LogP contribution in [0.2, 0.25) is 0 Å². The minimum absolute atomic E-state index is 0.0112. The fourth-order valence-electron chi connectivity index (χ4n) is 2.49. The molecule has 0 saturated heterocycles. The first-order chi connectivity index (χ1) is 10.5. The van der Waals surface area contributed by atoms with E-state index in [-0.39, 0.29) is 17.3 Å². The molecule has 1 atom stereocenters. The van der Waals surface area contributed by atoms with Crippen LogP contribution in [0.1, 0.15) is 30.2 Å². The number of anilines is 1. The highest BCUT2D eigenvalue weighted by Crippen LogP contribution is 2.41. The first-order valence-electron chi connectivity index (χ1n) is 7.24. The van der Waals surface area contributed by atoms with Crippen molar-refractivity contribution < 1.29 is 9.53 Å². The van der Waals surface area contributed by atoms with Crippen molar-refractivity contribution in [2.45, 2.75) is 25.2 Å². The predicted molar refractivity (Wildman–Crippen MR) is 88.3 cm³/mol. The lowest BCUT2D eigenvalue weighted by Gasteiger charge is -2.15. The molecular formula is C16H19N3O2S. The van der Waals surface area contributed by atoms with E-state index in [4.69, 9.17) is 4.74 Å². The molecule has 0 aliphatic carbocycles. The lowest BCUT2D eigenvalue weighted by Crippen LogP contribution is -2.15. The summed E-state index contributed by atoms with van der Waals surface area (Å²) in [6.45, 7) is 4.02. The van der Waals surface area contributed by atoms with E-state index in [2.05, 4.69) is 22.5 Å². The van der Waals surface area contributed by atoms with E-state index >= 15 is 0 Å². The SMILES string of the molecule is CC(C)Oc1ccc([C@@H]2SCC(=O)Nc3c2cnn3C)cc1. The summed E-state index contributed by atoms with van der Waals surface area (Å²) in [4.78, 5) is 11.9. The first kappa shape index (κ1) is 15.0. The number of hydrogen-bond donors (Lipinski definition) is 1. The average Bonchev–Trinajstić information content (AvgIpc) is 2.73. The van der Waals surface area contributed by atoms with Crippen LogP contribution in [-0.2, 0) is 11.8 Å². The first-order valence-corrected chi connectivity index (χ1v) is 8.29. The second-order valence-electron chi connectivity index (χ2n) is 5.55. The fraction of sp³-hybridized carbons (Fsp3) is 0.375. The smallest absolute Gasteiger partial charge is 0.235 e. The lowest BCUT2D eigenvalue weighted by molar-refractivity contribution is -0.113. The second-order valence-corrected chi connectivity index (χ2v) is 6.64. The maximum absolute atomic E-state index is 11.9. The quantitative estimate of drug-likeness (QED) is 0.945. The molecule has 0 unspecified atom stereocenters. The van der Waals surface area contributed by atoms with Gasteiger partial charge in [0.05, 0.1) is 23.3 Å². The van der Waals surface area contributed by atoms with Crippen LogP contribution in [0, 0.1) is 0 Å². The van der Waals surface area contributed by atoms with Gasteiger partial charge in [0.1, 0.15) is 11.6 Å². The number of amides is 1. The van der Waals surface area contributed by atoms with Gasteiger partial charge in [0, 0.05) is 12.6 Å². The number of carbonyl (C=O) groups excluding carboxylic acids is 1. The maximum Gasteiger partial charge on any atom is 0.235 e. The zero-order chi connectivity index (χ0) is 15.7. The van der Waals surface area contributed by atoms with Crippen LogP contribution in [0.3, 0.4) is 0 Å². The molecule has 0 bridgehead atoms. The van der Waals surface area contributed by atoms with E-state index in [1.54, 1.807) is 16.4 Å². The molecule has 1 aliphatic heterocycles. The van der Waals surface area contributed by atoms with Crippen molar-refractivity contribution in [3.05, 3.63) is 41.6 Å². The zero-order valence-corrected chi connectivity index (χ0v) is 13.7. The molecule has 5 nitrogen and oxygen atoms in total. The molecule has 0 saturated carbocycles. The van der Waals surface area contributed by atoms with Crippen molar-refractivity contribution in [3.8, 4) is 5.75 Å². The summed E-state index contributed by atoms with van der Waals surface area (Å²) in [7, 11) is 1.84. The monoisotopic (exact) mass is 317 g/mol. The Balaban J connectivity index is 1.92. The summed E-state index contributed by atoms with van der Waals surface area (Å²) < 4.78 is 7.39. The Kier molecular flexibility index (Phi) is 4.11. The number of aromatic nitrogens is 2. The van der Waals surface area contributed by atoms with Crippen molar-refractivity contribution >= 4 is 23.5 Å². The summed E-state index contributed by atoms with van der Waals surface area (Å²) in [5.41, 5.74) is 2.18. The summed E-state index contributed by atoms with van der Waals surface area (Å²) in [6, 6.07) is 8.07. The van der Waals surface area contributed by atoms with Crippen LogP contribution < -0.4 is 10.1 Å². The molecular weight excluding hydrogens is 298 g/mol. The van der Waals surface area contributed by atoms with Crippen LogP contribution in [0.5, 0.6) is 5.75 Å². The van der Waals surface area contributed by atoms with E-state index < -0.39 is 0 Å². The van der Waals surface area contributed by atoms with E-state index in [0.717, 1.165) is 22.7 Å². The molecule has 22 heavy (non-hydrogen) atoms. The molecule has 2 heterocycles. The largest absolute Gasteiger partial charge is 0.491 e. The van der Waals surface area contributed by atoms with Gasteiger partial charge in [-0.15, -0.1) is 11.8 Å². The van der Waals surface area contributed by atoms with Crippen molar-refractivity contribution in [1.82, 2.24) is 9.78 Å². The molecule has 0 fully saturated rings. The Hall–Kier alpha value is -1.95. The molecule has 6 heteroatoms. The third-order valence-corrected chi connectivity index (χ3v) is 4.73. The average molecular weight is 317 g/mol. The number of nitrogens with zero attached hydrogens (tertiary/aromatic N) is 2. The van der Waals surface area contributed by atoms with Crippen molar-refractivity contribution in [2.24, 2.45) is 7.05 Å². The summed E-state index contributed by atoms with van der Waals surface area (Å²) in [6.07, 6.45) is 1.99. The number of thioether (sulfide) groups is 1. The van der Waals surface area contributed by atoms with Gasteiger partial charge in [-0.1, -0.05) is 12.1 Å². The topological polar surface area (TPSA) is 56.1 Å². The Morgan fingerprint density at radius 3 is 2.77 bits per heavy atom. The highest BCUT2D eigenvalue weighted by molar-refractivity contribution is 8.00.